The van der Waals surface area contributed by atoms with E-state index in [0.717, 1.165) is 23.9 Å². The maximum absolute atomic E-state index is 12.4. The lowest BCUT2D eigenvalue weighted by Crippen LogP contribution is -2.24. The molecule has 0 saturated carbocycles. The number of nitrogens with one attached hydrogen (secondary N) is 3. The van der Waals surface area contributed by atoms with Crippen molar-refractivity contribution in [1.82, 2.24) is 14.7 Å². The van der Waals surface area contributed by atoms with Gasteiger partial charge < -0.3 is 10.3 Å². The molecule has 0 atom stereocenters. The second-order valence-corrected chi connectivity index (χ2v) is 7.63. The first-order valence-electron chi connectivity index (χ1n) is 8.34. The van der Waals surface area contributed by atoms with Gasteiger partial charge in [0.1, 0.15) is 0 Å². The molecule has 3 rings (SSSR count). The van der Waals surface area contributed by atoms with Crippen molar-refractivity contribution in [3.8, 4) is 0 Å². The predicted molar refractivity (Wildman–Crippen MR) is 101 cm³/mol. The van der Waals surface area contributed by atoms with Crippen LogP contribution < -0.4 is 10.0 Å². The quantitative estimate of drug-likeness (QED) is 0.555. The molecular formula is C18H20N4O3S. The van der Waals surface area contributed by atoms with Gasteiger partial charge in [-0.15, -0.1) is 0 Å². The fraction of sp³-hybridized carbons (Fsp3) is 0.222. The number of fused-ring (bicyclic) bond motifs is 1. The Kier molecular flexibility index (Phi) is 5.34. The predicted octanol–water partition coefficient (Wildman–Crippen LogP) is 2.89. The van der Waals surface area contributed by atoms with Crippen LogP contribution in [0.2, 0.25) is 0 Å². The van der Waals surface area contributed by atoms with Crippen molar-refractivity contribution in [3.63, 3.8) is 0 Å². The first-order valence-corrected chi connectivity index (χ1v) is 9.82. The Morgan fingerprint density at radius 2 is 2.04 bits per heavy atom. The molecule has 0 unspecified atom stereocenters. The van der Waals surface area contributed by atoms with Crippen LogP contribution >= 0.6 is 0 Å². The van der Waals surface area contributed by atoms with Crippen LogP contribution in [0.4, 0.5) is 5.69 Å². The second kappa shape index (κ2) is 7.67. The van der Waals surface area contributed by atoms with E-state index in [4.69, 9.17) is 0 Å². The molecule has 0 fully saturated rings. The normalized spacial score (nSPS) is 11.6. The molecule has 0 aliphatic heterocycles. The van der Waals surface area contributed by atoms with E-state index >= 15 is 0 Å². The number of benzene rings is 2. The van der Waals surface area contributed by atoms with Gasteiger partial charge in [-0.05, 0) is 42.8 Å². The summed E-state index contributed by atoms with van der Waals surface area (Å²) in [7, 11) is -3.59. The minimum Gasteiger partial charge on any atom is -0.345 e. The Hall–Kier alpha value is -2.71. The van der Waals surface area contributed by atoms with Gasteiger partial charge in [-0.2, -0.15) is 0 Å². The van der Waals surface area contributed by atoms with Crippen LogP contribution in [-0.2, 0) is 10.0 Å². The van der Waals surface area contributed by atoms with Gasteiger partial charge in [-0.1, -0.05) is 19.4 Å². The third kappa shape index (κ3) is 4.09. The SMILES string of the molecule is CCCCNS(=O)(=O)c1cccc(NC(=O)c2ccc3nc[nH]c3c2)c1. The number of anilines is 1. The number of amides is 1. The smallest absolute Gasteiger partial charge is 0.255 e. The molecule has 26 heavy (non-hydrogen) atoms. The van der Waals surface area contributed by atoms with E-state index in [0.29, 0.717) is 17.8 Å². The Balaban J connectivity index is 1.76. The summed E-state index contributed by atoms with van der Waals surface area (Å²) < 4.78 is 27.1. The van der Waals surface area contributed by atoms with Gasteiger partial charge in [0.15, 0.2) is 0 Å². The summed E-state index contributed by atoms with van der Waals surface area (Å²) in [5.74, 6) is -0.324. The average Bonchev–Trinajstić information content (AvgIpc) is 3.10. The molecule has 7 nitrogen and oxygen atoms in total. The molecule has 3 aromatic rings. The number of aromatic nitrogens is 2. The Bertz CT molecular complexity index is 1030. The molecule has 1 amide bonds. The van der Waals surface area contributed by atoms with Crippen LogP contribution in [0.3, 0.4) is 0 Å². The number of aromatic amines is 1. The topological polar surface area (TPSA) is 104 Å². The third-order valence-corrected chi connectivity index (χ3v) is 5.37. The average molecular weight is 372 g/mol. The maximum Gasteiger partial charge on any atom is 0.255 e. The zero-order chi connectivity index (χ0) is 18.6. The van der Waals surface area contributed by atoms with Crippen molar-refractivity contribution in [2.45, 2.75) is 24.7 Å². The van der Waals surface area contributed by atoms with Crippen LogP contribution in [0.1, 0.15) is 30.1 Å². The highest BCUT2D eigenvalue weighted by atomic mass is 32.2. The van der Waals surface area contributed by atoms with E-state index < -0.39 is 10.0 Å². The second-order valence-electron chi connectivity index (χ2n) is 5.87. The lowest BCUT2D eigenvalue weighted by molar-refractivity contribution is 0.102. The van der Waals surface area contributed by atoms with Gasteiger partial charge in [0.25, 0.3) is 5.91 Å². The van der Waals surface area contributed by atoms with E-state index in [2.05, 4.69) is 20.0 Å². The minimum atomic E-state index is -3.59. The summed E-state index contributed by atoms with van der Waals surface area (Å²) in [5.41, 5.74) is 2.40. The zero-order valence-electron chi connectivity index (χ0n) is 14.3. The standard InChI is InChI=1S/C18H20N4O3S/c1-2-3-9-21-26(24,25)15-6-4-5-14(11-15)22-18(23)13-7-8-16-17(10-13)20-12-19-16/h4-8,10-12,21H,2-3,9H2,1H3,(H,19,20)(H,22,23). The number of unbranched alkanes of at least 4 members (excludes halogenated alkanes) is 1. The first kappa shape index (κ1) is 18.1. The van der Waals surface area contributed by atoms with Gasteiger partial charge in [-0.3, -0.25) is 4.79 Å². The van der Waals surface area contributed by atoms with Crippen molar-refractivity contribution < 1.29 is 13.2 Å². The Morgan fingerprint density at radius 1 is 1.19 bits per heavy atom. The molecule has 0 spiro atoms. The fourth-order valence-electron chi connectivity index (χ4n) is 2.49. The summed E-state index contributed by atoms with van der Waals surface area (Å²) in [6, 6.07) is 11.3. The molecule has 0 saturated heterocycles. The molecule has 1 aromatic heterocycles. The highest BCUT2D eigenvalue weighted by Crippen LogP contribution is 2.18. The van der Waals surface area contributed by atoms with Crippen LogP contribution in [0.5, 0.6) is 0 Å². The molecule has 8 heteroatoms. The van der Waals surface area contributed by atoms with Crippen molar-refractivity contribution >= 4 is 32.7 Å². The highest BCUT2D eigenvalue weighted by Gasteiger charge is 2.15. The number of carbonyl (C=O) groups excluding carboxylic acids is 1. The monoisotopic (exact) mass is 372 g/mol. The van der Waals surface area contributed by atoms with Crippen LogP contribution in [0.15, 0.2) is 53.7 Å². The number of hydrogen-bond donors (Lipinski definition) is 3. The number of nitrogens with zero attached hydrogens (tertiary/aromatic N) is 1. The van der Waals surface area contributed by atoms with Crippen LogP contribution in [0.25, 0.3) is 11.0 Å². The van der Waals surface area contributed by atoms with Crippen molar-refractivity contribution in [1.29, 1.82) is 0 Å². The third-order valence-electron chi connectivity index (χ3n) is 3.91. The van der Waals surface area contributed by atoms with E-state index in [9.17, 15) is 13.2 Å². The molecule has 0 aliphatic rings. The molecular weight excluding hydrogens is 352 g/mol. The molecule has 0 aliphatic carbocycles. The highest BCUT2D eigenvalue weighted by molar-refractivity contribution is 7.89. The number of rotatable bonds is 7. The molecule has 2 aromatic carbocycles. The van der Waals surface area contributed by atoms with Crippen LogP contribution in [0, 0.1) is 0 Å². The number of sulfonamides is 1. The number of hydrogen-bond acceptors (Lipinski definition) is 4. The summed E-state index contributed by atoms with van der Waals surface area (Å²) in [4.78, 5) is 19.6. The van der Waals surface area contributed by atoms with Crippen LogP contribution in [-0.4, -0.2) is 30.8 Å². The van der Waals surface area contributed by atoms with Crippen molar-refractivity contribution in [2.24, 2.45) is 0 Å². The van der Waals surface area contributed by atoms with Crippen molar-refractivity contribution in [3.05, 3.63) is 54.4 Å². The Labute approximate surface area is 151 Å². The molecule has 3 N–H and O–H groups in total. The fourth-order valence-corrected chi connectivity index (χ4v) is 3.61. The van der Waals surface area contributed by atoms with Gasteiger partial charge >= 0.3 is 0 Å². The zero-order valence-corrected chi connectivity index (χ0v) is 15.1. The first-order chi connectivity index (χ1) is 12.5. The number of carbonyl (C=O) groups is 1. The maximum atomic E-state index is 12.4. The Morgan fingerprint density at radius 3 is 2.85 bits per heavy atom. The minimum absolute atomic E-state index is 0.121. The summed E-state index contributed by atoms with van der Waals surface area (Å²) in [5, 5.41) is 2.73. The lowest BCUT2D eigenvalue weighted by Gasteiger charge is -2.09. The molecule has 0 radical (unpaired) electrons. The number of imidazole rings is 1. The van der Waals surface area contributed by atoms with Gasteiger partial charge in [0.2, 0.25) is 10.0 Å². The summed E-state index contributed by atoms with van der Waals surface area (Å²) in [6.45, 7) is 2.38. The van der Waals surface area contributed by atoms with E-state index in [1.54, 1.807) is 36.7 Å². The van der Waals surface area contributed by atoms with E-state index in [1.165, 1.54) is 12.1 Å². The van der Waals surface area contributed by atoms with Crippen molar-refractivity contribution in [2.75, 3.05) is 11.9 Å². The van der Waals surface area contributed by atoms with Gasteiger partial charge in [-0.25, -0.2) is 18.1 Å². The van der Waals surface area contributed by atoms with Gasteiger partial charge in [0.05, 0.1) is 22.3 Å². The summed E-state index contributed by atoms with van der Waals surface area (Å²) in [6.07, 6.45) is 3.23. The molecule has 0 bridgehead atoms. The molecule has 1 heterocycles. The largest absolute Gasteiger partial charge is 0.345 e. The van der Waals surface area contributed by atoms with E-state index in [1.807, 2.05) is 6.92 Å². The lowest BCUT2D eigenvalue weighted by atomic mass is 10.2. The van der Waals surface area contributed by atoms with E-state index in [-0.39, 0.29) is 10.8 Å². The molecule has 136 valence electrons. The summed E-state index contributed by atoms with van der Waals surface area (Å²) >= 11 is 0. The number of H-pyrrole nitrogens is 1. The van der Waals surface area contributed by atoms with Gasteiger partial charge in [0, 0.05) is 17.8 Å².